The first-order valence-electron chi connectivity index (χ1n) is 6.76. The second-order valence-corrected chi connectivity index (χ2v) is 5.72. The molecule has 1 amide bonds. The molecule has 0 aliphatic heterocycles. The summed E-state index contributed by atoms with van der Waals surface area (Å²) in [6, 6.07) is 1.90. The molecule has 0 spiro atoms. The Labute approximate surface area is 118 Å². The maximum Gasteiger partial charge on any atom is 0.251 e. The largest absolute Gasteiger partial charge is 0.394 e. The minimum atomic E-state index is -0.917. The molecule has 0 aliphatic carbocycles. The Hall–Kier alpha value is -1.65. The van der Waals surface area contributed by atoms with Crippen molar-refractivity contribution in [2.45, 2.75) is 27.7 Å². The average Bonchev–Trinajstić information content (AvgIpc) is 2.34. The highest BCUT2D eigenvalue weighted by molar-refractivity contribution is 5.94. The van der Waals surface area contributed by atoms with E-state index in [2.05, 4.69) is 33.0 Å². The van der Waals surface area contributed by atoms with Gasteiger partial charge in [0.2, 0.25) is 0 Å². The second kappa shape index (κ2) is 6.68. The fraction of sp³-hybridized carbons (Fsp3) is 0.533. The maximum absolute atomic E-state index is 13.3. The molecule has 0 radical (unpaired) electrons. The molecule has 0 aliphatic rings. The lowest BCUT2D eigenvalue weighted by atomic mass is 9.85. The summed E-state index contributed by atoms with van der Waals surface area (Å²) in [4.78, 5) is 11.9. The van der Waals surface area contributed by atoms with Crippen molar-refractivity contribution in [3.63, 3.8) is 0 Å². The Morgan fingerprint density at radius 3 is 2.00 bits per heavy atom. The van der Waals surface area contributed by atoms with E-state index in [1.54, 1.807) is 0 Å². The summed E-state index contributed by atoms with van der Waals surface area (Å²) in [7, 11) is 0. The lowest BCUT2D eigenvalue weighted by molar-refractivity contribution is 0.0936. The van der Waals surface area contributed by atoms with Gasteiger partial charge in [-0.3, -0.25) is 4.79 Å². The van der Waals surface area contributed by atoms with Crippen molar-refractivity contribution in [3.8, 4) is 0 Å². The van der Waals surface area contributed by atoms with Crippen LogP contribution in [0.4, 0.5) is 14.5 Å². The van der Waals surface area contributed by atoms with Gasteiger partial charge in [0.25, 0.3) is 5.91 Å². The molecule has 0 bridgehead atoms. The van der Waals surface area contributed by atoms with Crippen LogP contribution in [0.25, 0.3) is 0 Å². The first-order valence-corrected chi connectivity index (χ1v) is 6.76. The average molecular weight is 284 g/mol. The summed E-state index contributed by atoms with van der Waals surface area (Å²) in [5, 5.41) is 2.72. The van der Waals surface area contributed by atoms with E-state index in [9.17, 15) is 13.6 Å². The molecule has 0 saturated carbocycles. The van der Waals surface area contributed by atoms with Crippen LogP contribution in [0.15, 0.2) is 12.1 Å². The Morgan fingerprint density at radius 1 is 1.15 bits per heavy atom. The Kier molecular flexibility index (Phi) is 5.48. The van der Waals surface area contributed by atoms with Gasteiger partial charge in [0, 0.05) is 12.1 Å². The van der Waals surface area contributed by atoms with E-state index < -0.39 is 23.2 Å². The molecule has 3 N–H and O–H groups in total. The maximum atomic E-state index is 13.3. The number of anilines is 1. The van der Waals surface area contributed by atoms with Crippen LogP contribution in [0.1, 0.15) is 38.1 Å². The third-order valence-electron chi connectivity index (χ3n) is 3.55. The van der Waals surface area contributed by atoms with E-state index in [0.29, 0.717) is 24.3 Å². The van der Waals surface area contributed by atoms with E-state index >= 15 is 0 Å². The van der Waals surface area contributed by atoms with Gasteiger partial charge in [-0.15, -0.1) is 0 Å². The number of benzene rings is 1. The topological polar surface area (TPSA) is 55.1 Å². The van der Waals surface area contributed by atoms with Crippen molar-refractivity contribution in [2.75, 3.05) is 12.3 Å². The highest BCUT2D eigenvalue weighted by Crippen LogP contribution is 2.20. The van der Waals surface area contributed by atoms with E-state index in [-0.39, 0.29) is 5.56 Å². The molecule has 1 aromatic rings. The number of nitrogen functional groups attached to an aromatic ring is 1. The molecule has 3 nitrogen and oxygen atoms in total. The van der Waals surface area contributed by atoms with E-state index in [0.717, 1.165) is 12.1 Å². The molecular weight excluding hydrogens is 262 g/mol. The fourth-order valence-electron chi connectivity index (χ4n) is 2.27. The Balaban J connectivity index is 2.77. The first-order chi connectivity index (χ1) is 9.23. The molecule has 0 atom stereocenters. The SMILES string of the molecule is CC(C)C(CNC(=O)c1cc(F)c(N)c(F)c1)C(C)C. The summed E-state index contributed by atoms with van der Waals surface area (Å²) < 4.78 is 26.6. The first kappa shape index (κ1) is 16.4. The van der Waals surface area contributed by atoms with Crippen molar-refractivity contribution < 1.29 is 13.6 Å². The molecule has 0 saturated heterocycles. The number of halogens is 2. The zero-order valence-electron chi connectivity index (χ0n) is 12.3. The molecular formula is C15H22F2N2O. The van der Waals surface area contributed by atoms with E-state index in [4.69, 9.17) is 5.73 Å². The lowest BCUT2D eigenvalue weighted by Crippen LogP contribution is -2.34. The van der Waals surface area contributed by atoms with Gasteiger partial charge >= 0.3 is 0 Å². The van der Waals surface area contributed by atoms with Crippen LogP contribution in [0.2, 0.25) is 0 Å². The summed E-state index contributed by atoms with van der Waals surface area (Å²) in [5.41, 5.74) is 4.55. The summed E-state index contributed by atoms with van der Waals surface area (Å²) in [6.07, 6.45) is 0. The van der Waals surface area contributed by atoms with Gasteiger partial charge in [-0.05, 0) is 29.9 Å². The molecule has 5 heteroatoms. The smallest absolute Gasteiger partial charge is 0.251 e. The van der Waals surface area contributed by atoms with Gasteiger partial charge in [-0.1, -0.05) is 27.7 Å². The van der Waals surface area contributed by atoms with Crippen LogP contribution in [-0.2, 0) is 0 Å². The summed E-state index contributed by atoms with van der Waals surface area (Å²) >= 11 is 0. The van der Waals surface area contributed by atoms with Crippen molar-refractivity contribution in [2.24, 2.45) is 17.8 Å². The number of carbonyl (C=O) groups is 1. The number of nitrogens with one attached hydrogen (secondary N) is 1. The quantitative estimate of drug-likeness (QED) is 0.816. The highest BCUT2D eigenvalue weighted by atomic mass is 19.1. The van der Waals surface area contributed by atoms with Gasteiger partial charge in [0.05, 0.1) is 0 Å². The zero-order valence-corrected chi connectivity index (χ0v) is 12.3. The molecule has 1 aromatic carbocycles. The molecule has 1 rings (SSSR count). The van der Waals surface area contributed by atoms with Gasteiger partial charge in [-0.25, -0.2) is 8.78 Å². The van der Waals surface area contributed by atoms with Crippen molar-refractivity contribution in [1.29, 1.82) is 0 Å². The Bertz CT molecular complexity index is 456. The molecule has 0 heterocycles. The number of carbonyl (C=O) groups excluding carboxylic acids is 1. The number of rotatable bonds is 5. The third kappa shape index (κ3) is 3.92. The van der Waals surface area contributed by atoms with E-state index in [1.165, 1.54) is 0 Å². The summed E-state index contributed by atoms with van der Waals surface area (Å²) in [5.74, 6) is -1.19. The van der Waals surface area contributed by atoms with E-state index in [1.807, 2.05) is 0 Å². The fourth-order valence-corrected chi connectivity index (χ4v) is 2.27. The highest BCUT2D eigenvalue weighted by Gasteiger charge is 2.19. The van der Waals surface area contributed by atoms with Crippen molar-refractivity contribution in [3.05, 3.63) is 29.3 Å². The van der Waals surface area contributed by atoms with Crippen molar-refractivity contribution >= 4 is 11.6 Å². The van der Waals surface area contributed by atoms with Crippen LogP contribution in [0, 0.1) is 29.4 Å². The van der Waals surface area contributed by atoms with Crippen LogP contribution in [0.3, 0.4) is 0 Å². The molecule has 20 heavy (non-hydrogen) atoms. The monoisotopic (exact) mass is 284 g/mol. The zero-order chi connectivity index (χ0) is 15.4. The van der Waals surface area contributed by atoms with Gasteiger partial charge < -0.3 is 11.1 Å². The standard InChI is InChI=1S/C15H22F2N2O/c1-8(2)11(9(3)4)7-19-15(20)10-5-12(16)14(18)13(17)6-10/h5-6,8-9,11H,7,18H2,1-4H3,(H,19,20). The lowest BCUT2D eigenvalue weighted by Gasteiger charge is -2.25. The molecule has 0 aromatic heterocycles. The predicted octanol–water partition coefficient (Wildman–Crippen LogP) is 3.21. The van der Waals surface area contributed by atoms with Crippen LogP contribution >= 0.6 is 0 Å². The molecule has 112 valence electrons. The summed E-state index contributed by atoms with van der Waals surface area (Å²) in [6.45, 7) is 8.80. The van der Waals surface area contributed by atoms with Crippen LogP contribution in [-0.4, -0.2) is 12.5 Å². The van der Waals surface area contributed by atoms with Gasteiger partial charge in [0.15, 0.2) is 0 Å². The minimum Gasteiger partial charge on any atom is -0.394 e. The predicted molar refractivity (Wildman–Crippen MR) is 76.3 cm³/mol. The number of hydrogen-bond donors (Lipinski definition) is 2. The molecule has 0 fully saturated rings. The van der Waals surface area contributed by atoms with Gasteiger partial charge in [-0.2, -0.15) is 0 Å². The third-order valence-corrected chi connectivity index (χ3v) is 3.55. The van der Waals surface area contributed by atoms with Gasteiger partial charge in [0.1, 0.15) is 17.3 Å². The Morgan fingerprint density at radius 2 is 1.60 bits per heavy atom. The number of nitrogens with two attached hydrogens (primary N) is 1. The number of amides is 1. The minimum absolute atomic E-state index is 0.0551. The van der Waals surface area contributed by atoms with Crippen LogP contribution < -0.4 is 11.1 Å². The molecule has 0 unspecified atom stereocenters. The van der Waals surface area contributed by atoms with Crippen molar-refractivity contribution in [1.82, 2.24) is 5.32 Å². The normalized spacial score (nSPS) is 11.4. The van der Waals surface area contributed by atoms with Crippen LogP contribution in [0.5, 0.6) is 0 Å². The number of hydrogen-bond acceptors (Lipinski definition) is 2. The second-order valence-electron chi connectivity index (χ2n) is 5.72.